The van der Waals surface area contributed by atoms with Crippen LogP contribution in [0, 0.1) is 11.3 Å². The van der Waals surface area contributed by atoms with Crippen molar-refractivity contribution in [3.63, 3.8) is 0 Å². The van der Waals surface area contributed by atoms with Gasteiger partial charge in [-0.25, -0.2) is 0 Å². The maximum absolute atomic E-state index is 12.4. The molecule has 1 aromatic carbocycles. The zero-order valence-electron chi connectivity index (χ0n) is 12.2. The number of carbonyl (C=O) groups excluding carboxylic acids is 1. The van der Waals surface area contributed by atoms with Crippen molar-refractivity contribution in [1.82, 2.24) is 9.88 Å². The molecule has 6 heteroatoms. The molecule has 0 saturated carbocycles. The van der Waals surface area contributed by atoms with Gasteiger partial charge in [-0.05, 0) is 40.5 Å². The van der Waals surface area contributed by atoms with E-state index in [4.69, 9.17) is 4.74 Å². The van der Waals surface area contributed by atoms with Crippen molar-refractivity contribution in [1.29, 1.82) is 5.26 Å². The first-order chi connectivity index (χ1) is 10.7. The molecule has 22 heavy (non-hydrogen) atoms. The Bertz CT molecular complexity index is 704. The average Bonchev–Trinajstić information content (AvgIpc) is 2.95. The van der Waals surface area contributed by atoms with Crippen LogP contribution in [0.25, 0.3) is 5.69 Å². The summed E-state index contributed by atoms with van der Waals surface area (Å²) in [4.78, 5) is 12.4. The second-order valence-corrected chi connectivity index (χ2v) is 5.47. The molecule has 0 radical (unpaired) electrons. The molecule has 114 valence electrons. The van der Waals surface area contributed by atoms with E-state index < -0.39 is 0 Å². The molecule has 0 bridgehead atoms. The highest BCUT2D eigenvalue weighted by molar-refractivity contribution is 9.10. The van der Waals surface area contributed by atoms with Crippen LogP contribution in [0.5, 0.6) is 0 Å². The van der Waals surface area contributed by atoms with E-state index in [1.54, 1.807) is 23.9 Å². The molecule has 0 fully saturated rings. The van der Waals surface area contributed by atoms with Crippen LogP contribution in [-0.4, -0.2) is 30.7 Å². The van der Waals surface area contributed by atoms with E-state index in [0.717, 1.165) is 16.6 Å². The van der Waals surface area contributed by atoms with Gasteiger partial charge in [-0.15, -0.1) is 0 Å². The maximum Gasteiger partial charge on any atom is 0.269 e. The summed E-state index contributed by atoms with van der Waals surface area (Å²) in [6, 6.07) is 11.3. The molecule has 1 heterocycles. The molecule has 2 aromatic rings. The summed E-state index contributed by atoms with van der Waals surface area (Å²) in [5.74, 6) is -0.270. The third-order valence-electron chi connectivity index (χ3n) is 3.14. The molecule has 0 aliphatic carbocycles. The van der Waals surface area contributed by atoms with Gasteiger partial charge in [0, 0.05) is 30.9 Å². The third kappa shape index (κ3) is 3.56. The van der Waals surface area contributed by atoms with Crippen LogP contribution in [0.1, 0.15) is 22.5 Å². The highest BCUT2D eigenvalue weighted by Gasteiger charge is 2.18. The number of hydrogen-bond donors (Lipinski definition) is 1. The average molecular weight is 362 g/mol. The molecule has 0 aliphatic heterocycles. The Morgan fingerprint density at radius 1 is 1.41 bits per heavy atom. The fourth-order valence-electron chi connectivity index (χ4n) is 2.10. The van der Waals surface area contributed by atoms with Gasteiger partial charge >= 0.3 is 0 Å². The highest BCUT2D eigenvalue weighted by atomic mass is 79.9. The van der Waals surface area contributed by atoms with Crippen molar-refractivity contribution in [2.45, 2.75) is 6.42 Å². The van der Waals surface area contributed by atoms with Crippen LogP contribution >= 0.6 is 15.9 Å². The predicted octanol–water partition coefficient (Wildman–Crippen LogP) is 2.88. The number of aromatic nitrogens is 1. The summed E-state index contributed by atoms with van der Waals surface area (Å²) < 4.78 is 7.52. The van der Waals surface area contributed by atoms with E-state index in [0.29, 0.717) is 24.4 Å². The number of nitriles is 1. The first-order valence-corrected chi connectivity index (χ1v) is 7.61. The second kappa shape index (κ2) is 7.78. The minimum Gasteiger partial charge on any atom is -0.385 e. The number of nitrogens with zero attached hydrogens (tertiary/aromatic N) is 2. The van der Waals surface area contributed by atoms with E-state index in [9.17, 15) is 10.1 Å². The molecule has 0 unspecified atom stereocenters. The quantitative estimate of drug-likeness (QED) is 0.804. The Kier molecular flexibility index (Phi) is 5.75. The number of benzene rings is 1. The molecule has 1 amide bonds. The number of ether oxygens (including phenoxy) is 1. The summed E-state index contributed by atoms with van der Waals surface area (Å²) in [5.41, 5.74) is 1.50. The van der Waals surface area contributed by atoms with Gasteiger partial charge in [0.25, 0.3) is 5.91 Å². The first kappa shape index (κ1) is 16.3. The van der Waals surface area contributed by atoms with Gasteiger partial charge in [0.2, 0.25) is 0 Å². The molecule has 1 N–H and O–H groups in total. The maximum atomic E-state index is 12.4. The van der Waals surface area contributed by atoms with Crippen molar-refractivity contribution in [3.8, 4) is 11.8 Å². The van der Waals surface area contributed by atoms with Crippen molar-refractivity contribution >= 4 is 21.8 Å². The van der Waals surface area contributed by atoms with E-state index in [-0.39, 0.29) is 5.91 Å². The zero-order valence-corrected chi connectivity index (χ0v) is 13.8. The van der Waals surface area contributed by atoms with Crippen LogP contribution < -0.4 is 5.32 Å². The molecule has 2 rings (SSSR count). The van der Waals surface area contributed by atoms with E-state index in [1.807, 2.05) is 24.3 Å². The fourth-order valence-corrected chi connectivity index (χ4v) is 2.58. The number of para-hydroxylation sites is 1. The number of amides is 1. The lowest BCUT2D eigenvalue weighted by Gasteiger charge is -2.12. The van der Waals surface area contributed by atoms with Crippen LogP contribution in [0.15, 0.2) is 41.0 Å². The second-order valence-electron chi connectivity index (χ2n) is 4.61. The van der Waals surface area contributed by atoms with Crippen molar-refractivity contribution in [2.24, 2.45) is 0 Å². The van der Waals surface area contributed by atoms with Crippen molar-refractivity contribution < 1.29 is 9.53 Å². The highest BCUT2D eigenvalue weighted by Crippen LogP contribution is 2.24. The number of carbonyl (C=O) groups is 1. The van der Waals surface area contributed by atoms with Gasteiger partial charge in [-0.3, -0.25) is 4.79 Å². The number of rotatable bonds is 6. The molecule has 1 aromatic heterocycles. The number of halogens is 1. The molecule has 0 aliphatic rings. The number of methoxy groups -OCH3 is 1. The number of nitrogens with one attached hydrogen (secondary N) is 1. The number of hydrogen-bond acceptors (Lipinski definition) is 3. The SMILES string of the molecule is COCCCNC(=O)c1c(C#N)ccn1-c1ccccc1Br. The molecular weight excluding hydrogens is 346 g/mol. The smallest absolute Gasteiger partial charge is 0.269 e. The van der Waals surface area contributed by atoms with Gasteiger partial charge in [-0.2, -0.15) is 5.26 Å². The summed E-state index contributed by atoms with van der Waals surface area (Å²) in [5, 5.41) is 12.0. The van der Waals surface area contributed by atoms with Crippen LogP contribution in [0.2, 0.25) is 0 Å². The normalized spacial score (nSPS) is 10.2. The standard InChI is InChI=1S/C16H16BrN3O2/c1-22-10-4-8-19-16(21)15-12(11-18)7-9-20(15)14-6-3-2-5-13(14)17/h2-3,5-7,9H,4,8,10H2,1H3,(H,19,21). The van der Waals surface area contributed by atoms with Gasteiger partial charge in [-0.1, -0.05) is 12.1 Å². The largest absolute Gasteiger partial charge is 0.385 e. The summed E-state index contributed by atoms with van der Waals surface area (Å²) in [6.07, 6.45) is 2.45. The first-order valence-electron chi connectivity index (χ1n) is 6.82. The van der Waals surface area contributed by atoms with Gasteiger partial charge in [0.15, 0.2) is 0 Å². The van der Waals surface area contributed by atoms with Gasteiger partial charge in [0.1, 0.15) is 11.8 Å². The lowest BCUT2D eigenvalue weighted by molar-refractivity contribution is 0.0941. The molecule has 0 saturated heterocycles. The topological polar surface area (TPSA) is 67.0 Å². The van der Waals surface area contributed by atoms with Crippen LogP contribution in [0.3, 0.4) is 0 Å². The Balaban J connectivity index is 2.30. The minimum absolute atomic E-state index is 0.270. The van der Waals surface area contributed by atoms with Gasteiger partial charge < -0.3 is 14.6 Å². The van der Waals surface area contributed by atoms with E-state index in [2.05, 4.69) is 27.3 Å². The zero-order chi connectivity index (χ0) is 15.9. The molecular formula is C16H16BrN3O2. The summed E-state index contributed by atoms with van der Waals surface area (Å²) in [6.45, 7) is 1.08. The molecule has 0 spiro atoms. The van der Waals surface area contributed by atoms with E-state index in [1.165, 1.54) is 0 Å². The Morgan fingerprint density at radius 3 is 2.86 bits per heavy atom. The molecule has 5 nitrogen and oxygen atoms in total. The summed E-state index contributed by atoms with van der Waals surface area (Å²) in [7, 11) is 1.62. The minimum atomic E-state index is -0.270. The summed E-state index contributed by atoms with van der Waals surface area (Å²) >= 11 is 3.47. The van der Waals surface area contributed by atoms with Gasteiger partial charge in [0.05, 0.1) is 11.3 Å². The lowest BCUT2D eigenvalue weighted by Crippen LogP contribution is -2.28. The van der Waals surface area contributed by atoms with Crippen molar-refractivity contribution in [3.05, 3.63) is 52.3 Å². The Hall–Kier alpha value is -2.10. The Labute approximate surface area is 137 Å². The van der Waals surface area contributed by atoms with Crippen molar-refractivity contribution in [2.75, 3.05) is 20.3 Å². The Morgan fingerprint density at radius 2 is 2.18 bits per heavy atom. The van der Waals surface area contributed by atoms with E-state index >= 15 is 0 Å². The predicted molar refractivity (Wildman–Crippen MR) is 87.0 cm³/mol. The lowest BCUT2D eigenvalue weighted by atomic mass is 10.2. The third-order valence-corrected chi connectivity index (χ3v) is 3.82. The van der Waals surface area contributed by atoms with Crippen LogP contribution in [-0.2, 0) is 4.74 Å². The molecule has 0 atom stereocenters. The fraction of sp³-hybridized carbons (Fsp3) is 0.250. The monoisotopic (exact) mass is 361 g/mol. The van der Waals surface area contributed by atoms with Crippen LogP contribution in [0.4, 0.5) is 0 Å².